The number of anilines is 6. The minimum Gasteiger partial charge on any atom is -0.369 e. The first-order valence-corrected chi connectivity index (χ1v) is 12.7. The maximum Gasteiger partial charge on any atom is 0.247 e. The molecule has 0 saturated carbocycles. The Balaban J connectivity index is 1.46. The highest BCUT2D eigenvalue weighted by atomic mass is 19.1. The number of halogens is 1. The summed E-state index contributed by atoms with van der Waals surface area (Å²) < 4.78 is 13.9. The molecule has 0 bridgehead atoms. The summed E-state index contributed by atoms with van der Waals surface area (Å²) in [6.45, 7) is 7.50. The Hall–Kier alpha value is -4.76. The van der Waals surface area contributed by atoms with Crippen LogP contribution in [0.15, 0.2) is 91.6 Å². The molecule has 9 heteroatoms. The number of carbonyl (C=O) groups is 1. The van der Waals surface area contributed by atoms with Gasteiger partial charge in [-0.3, -0.25) is 4.79 Å². The largest absolute Gasteiger partial charge is 0.369 e. The van der Waals surface area contributed by atoms with Crippen LogP contribution >= 0.6 is 0 Å². The van der Waals surface area contributed by atoms with Crippen molar-refractivity contribution in [1.82, 2.24) is 14.9 Å². The van der Waals surface area contributed by atoms with Crippen molar-refractivity contribution in [2.24, 2.45) is 0 Å². The highest BCUT2D eigenvalue weighted by Gasteiger charge is 2.16. The normalized spacial score (nSPS) is 13.5. The number of piperazine rings is 1. The first-order chi connectivity index (χ1) is 19.0. The molecule has 1 aromatic heterocycles. The number of likely N-dealkylation sites (N-methyl/N-ethyl adjacent to an activating group) is 1. The second-order valence-corrected chi connectivity index (χ2v) is 9.33. The topological polar surface area (TPSA) is 85.4 Å². The first kappa shape index (κ1) is 25.9. The van der Waals surface area contributed by atoms with E-state index in [0.717, 1.165) is 43.1 Å². The van der Waals surface area contributed by atoms with Crippen LogP contribution in [0.1, 0.15) is 0 Å². The monoisotopic (exact) mass is 523 g/mol. The number of amides is 1. The summed E-state index contributed by atoms with van der Waals surface area (Å²) in [5.41, 5.74) is 5.09. The number of rotatable bonds is 8. The molecular weight excluding hydrogens is 493 g/mol. The van der Waals surface area contributed by atoms with Crippen LogP contribution in [-0.4, -0.2) is 54.0 Å². The maximum atomic E-state index is 13.9. The number of hydrogen-bond donors (Lipinski definition) is 3. The summed E-state index contributed by atoms with van der Waals surface area (Å²) >= 11 is 0. The summed E-state index contributed by atoms with van der Waals surface area (Å²) in [5.74, 6) is -0.253. The van der Waals surface area contributed by atoms with E-state index in [2.05, 4.69) is 56.5 Å². The van der Waals surface area contributed by atoms with E-state index in [1.54, 1.807) is 24.4 Å². The summed E-state index contributed by atoms with van der Waals surface area (Å²) in [4.78, 5) is 25.9. The number of aromatic nitrogens is 2. The molecule has 1 aliphatic rings. The molecular formula is C30H30FN7O. The van der Waals surface area contributed by atoms with Crippen LogP contribution in [0.5, 0.6) is 0 Å². The Kier molecular flexibility index (Phi) is 7.79. The van der Waals surface area contributed by atoms with E-state index >= 15 is 0 Å². The average Bonchev–Trinajstić information content (AvgIpc) is 2.94. The van der Waals surface area contributed by atoms with Gasteiger partial charge in [-0.1, -0.05) is 30.8 Å². The zero-order valence-electron chi connectivity index (χ0n) is 21.7. The van der Waals surface area contributed by atoms with Crippen molar-refractivity contribution in [1.29, 1.82) is 0 Å². The van der Waals surface area contributed by atoms with Gasteiger partial charge in [0, 0.05) is 54.5 Å². The van der Waals surface area contributed by atoms with Crippen molar-refractivity contribution >= 4 is 40.3 Å². The van der Waals surface area contributed by atoms with Crippen LogP contribution < -0.4 is 20.9 Å². The fourth-order valence-electron chi connectivity index (χ4n) is 4.39. The second kappa shape index (κ2) is 11.7. The average molecular weight is 524 g/mol. The van der Waals surface area contributed by atoms with E-state index in [4.69, 9.17) is 4.98 Å². The third-order valence-corrected chi connectivity index (χ3v) is 6.45. The van der Waals surface area contributed by atoms with E-state index < -0.39 is 0 Å². The summed E-state index contributed by atoms with van der Waals surface area (Å²) in [7, 11) is 2.14. The molecule has 5 rings (SSSR count). The van der Waals surface area contributed by atoms with Gasteiger partial charge in [-0.25, -0.2) is 14.4 Å². The van der Waals surface area contributed by atoms with Gasteiger partial charge in [-0.05, 0) is 61.7 Å². The van der Waals surface area contributed by atoms with Crippen LogP contribution in [0.25, 0.3) is 11.3 Å². The molecule has 1 amide bonds. The molecule has 1 aliphatic heterocycles. The second-order valence-electron chi connectivity index (χ2n) is 9.33. The van der Waals surface area contributed by atoms with Crippen LogP contribution in [0.2, 0.25) is 0 Å². The van der Waals surface area contributed by atoms with Crippen molar-refractivity contribution in [3.63, 3.8) is 0 Å². The van der Waals surface area contributed by atoms with Crippen LogP contribution in [0.4, 0.5) is 38.8 Å². The lowest BCUT2D eigenvalue weighted by Gasteiger charge is -2.34. The minimum absolute atomic E-state index is 0.310. The van der Waals surface area contributed by atoms with E-state index in [9.17, 15) is 9.18 Å². The highest BCUT2D eigenvalue weighted by Crippen LogP contribution is 2.32. The molecule has 0 aliphatic carbocycles. The molecule has 4 aromatic rings. The number of hydrogen-bond acceptors (Lipinski definition) is 7. The van der Waals surface area contributed by atoms with E-state index in [-0.39, 0.29) is 11.7 Å². The Morgan fingerprint density at radius 1 is 0.923 bits per heavy atom. The fraction of sp³-hybridized carbons (Fsp3) is 0.167. The fourth-order valence-corrected chi connectivity index (χ4v) is 4.39. The third kappa shape index (κ3) is 6.58. The van der Waals surface area contributed by atoms with Gasteiger partial charge in [0.2, 0.25) is 11.9 Å². The SMILES string of the molecule is C=CC(=O)Nc1cccc(-c2nc(Nc3cccc(N4CCN(C)CC4)c3)ncc2Nc2cccc(F)c2)c1. The molecule has 1 fully saturated rings. The lowest BCUT2D eigenvalue weighted by Crippen LogP contribution is -2.44. The smallest absolute Gasteiger partial charge is 0.247 e. The van der Waals surface area contributed by atoms with Gasteiger partial charge in [0.05, 0.1) is 17.6 Å². The van der Waals surface area contributed by atoms with Gasteiger partial charge in [0.1, 0.15) is 5.82 Å². The highest BCUT2D eigenvalue weighted by molar-refractivity contribution is 5.99. The molecule has 1 saturated heterocycles. The molecule has 2 heterocycles. The molecule has 3 N–H and O–H groups in total. The molecule has 0 radical (unpaired) electrons. The molecule has 3 aromatic carbocycles. The molecule has 39 heavy (non-hydrogen) atoms. The summed E-state index contributed by atoms with van der Waals surface area (Å²) in [5, 5.41) is 9.33. The first-order valence-electron chi connectivity index (χ1n) is 12.7. The van der Waals surface area contributed by atoms with Gasteiger partial charge in [0.25, 0.3) is 0 Å². The predicted octanol–water partition coefficient (Wildman–Crippen LogP) is 5.65. The molecule has 0 spiro atoms. The Labute approximate surface area is 227 Å². The van der Waals surface area contributed by atoms with Crippen LogP contribution in [-0.2, 0) is 4.79 Å². The summed E-state index contributed by atoms with van der Waals surface area (Å²) in [6, 6.07) is 21.7. The Morgan fingerprint density at radius 3 is 2.41 bits per heavy atom. The Bertz CT molecular complexity index is 1480. The minimum atomic E-state index is -0.352. The maximum absolute atomic E-state index is 13.9. The molecule has 198 valence electrons. The predicted molar refractivity (Wildman–Crippen MR) is 155 cm³/mol. The third-order valence-electron chi connectivity index (χ3n) is 6.45. The lowest BCUT2D eigenvalue weighted by atomic mass is 10.1. The van der Waals surface area contributed by atoms with Crippen molar-refractivity contribution < 1.29 is 9.18 Å². The number of benzene rings is 3. The van der Waals surface area contributed by atoms with Crippen molar-refractivity contribution in [2.45, 2.75) is 0 Å². The van der Waals surface area contributed by atoms with E-state index in [1.807, 2.05) is 30.3 Å². The van der Waals surface area contributed by atoms with Crippen molar-refractivity contribution in [2.75, 3.05) is 54.1 Å². The zero-order chi connectivity index (χ0) is 27.2. The van der Waals surface area contributed by atoms with Crippen LogP contribution in [0, 0.1) is 5.82 Å². The number of carbonyl (C=O) groups excluding carboxylic acids is 1. The Morgan fingerprint density at radius 2 is 1.64 bits per heavy atom. The quantitative estimate of drug-likeness (QED) is 0.258. The van der Waals surface area contributed by atoms with Crippen LogP contribution in [0.3, 0.4) is 0 Å². The van der Waals surface area contributed by atoms with Gasteiger partial charge in [0.15, 0.2) is 0 Å². The van der Waals surface area contributed by atoms with Crippen molar-refractivity contribution in [3.8, 4) is 11.3 Å². The standard InChI is InChI=1S/C30H30FN7O/c1-3-28(39)34-23-9-4-7-21(17-23)29-27(33-24-10-5-8-22(31)18-24)20-32-30(36-29)35-25-11-6-12-26(19-25)38-15-13-37(2)14-16-38/h3-12,17-20,33H,1,13-16H2,2H3,(H,34,39)(H,32,35,36). The number of nitrogens with one attached hydrogen (secondary N) is 3. The summed E-state index contributed by atoms with van der Waals surface area (Å²) in [6.07, 6.45) is 2.88. The van der Waals surface area contributed by atoms with Crippen molar-refractivity contribution in [3.05, 3.63) is 97.5 Å². The van der Waals surface area contributed by atoms with E-state index in [1.165, 1.54) is 18.2 Å². The number of nitrogens with zero attached hydrogens (tertiary/aromatic N) is 4. The van der Waals surface area contributed by atoms with Gasteiger partial charge < -0.3 is 25.8 Å². The van der Waals surface area contributed by atoms with E-state index in [0.29, 0.717) is 28.7 Å². The molecule has 8 nitrogen and oxygen atoms in total. The van der Waals surface area contributed by atoms with Gasteiger partial charge in [-0.15, -0.1) is 0 Å². The van der Waals surface area contributed by atoms with Gasteiger partial charge >= 0.3 is 0 Å². The lowest BCUT2D eigenvalue weighted by molar-refractivity contribution is -0.111. The molecule has 0 atom stereocenters. The molecule has 0 unspecified atom stereocenters. The van der Waals surface area contributed by atoms with Gasteiger partial charge in [-0.2, -0.15) is 0 Å². The zero-order valence-corrected chi connectivity index (χ0v) is 21.7.